The zero-order valence-corrected chi connectivity index (χ0v) is 14.0. The zero-order valence-electron chi connectivity index (χ0n) is 13.2. The van der Waals surface area contributed by atoms with Crippen molar-refractivity contribution in [3.8, 4) is 5.88 Å². The van der Waals surface area contributed by atoms with Crippen LogP contribution in [0.2, 0.25) is 5.02 Å². The average molecular weight is 350 g/mol. The molecule has 0 radical (unpaired) electrons. The van der Waals surface area contributed by atoms with Gasteiger partial charge < -0.3 is 9.64 Å². The van der Waals surface area contributed by atoms with Gasteiger partial charge in [0.15, 0.2) is 0 Å². The number of aryl methyl sites for hydroxylation is 1. The van der Waals surface area contributed by atoms with Gasteiger partial charge in [-0.2, -0.15) is 4.98 Å². The number of carbonyl (C=O) groups excluding carboxylic acids is 1. The van der Waals surface area contributed by atoms with Crippen LogP contribution in [0.3, 0.4) is 0 Å². The summed E-state index contributed by atoms with van der Waals surface area (Å²) in [5.74, 6) is 0.457. The average Bonchev–Trinajstić information content (AvgIpc) is 2.54. The fraction of sp³-hybridized carbons (Fsp3) is 0.353. The van der Waals surface area contributed by atoms with E-state index in [0.717, 1.165) is 18.9 Å². The standard InChI is InChI=1S/C17H17ClFN3O2/c1-11-20-7-6-16(21-11)24-13-3-2-8-22(10-13)17(23)14-5-4-12(19)9-15(14)18/h4-7,9,13H,2-3,8,10H2,1H3. The lowest BCUT2D eigenvalue weighted by Crippen LogP contribution is -2.44. The Morgan fingerprint density at radius 1 is 1.42 bits per heavy atom. The summed E-state index contributed by atoms with van der Waals surface area (Å²) < 4.78 is 19.0. The Labute approximate surface area is 144 Å². The third kappa shape index (κ3) is 3.82. The molecular formula is C17H17ClFN3O2. The summed E-state index contributed by atoms with van der Waals surface area (Å²) in [5.41, 5.74) is 0.302. The number of hydrogen-bond acceptors (Lipinski definition) is 4. The largest absolute Gasteiger partial charge is 0.472 e. The first kappa shape index (κ1) is 16.6. The molecule has 1 aromatic heterocycles. The number of hydrogen-bond donors (Lipinski definition) is 0. The third-order valence-corrected chi connectivity index (χ3v) is 4.18. The van der Waals surface area contributed by atoms with Crippen molar-refractivity contribution < 1.29 is 13.9 Å². The smallest absolute Gasteiger partial charge is 0.255 e. The molecule has 0 saturated carbocycles. The van der Waals surface area contributed by atoms with Gasteiger partial charge in [-0.15, -0.1) is 0 Å². The summed E-state index contributed by atoms with van der Waals surface area (Å²) in [5, 5.41) is 0.120. The molecule has 1 aliphatic rings. The predicted molar refractivity (Wildman–Crippen MR) is 87.7 cm³/mol. The van der Waals surface area contributed by atoms with E-state index in [9.17, 15) is 9.18 Å². The maximum Gasteiger partial charge on any atom is 0.255 e. The van der Waals surface area contributed by atoms with Gasteiger partial charge in [0.2, 0.25) is 5.88 Å². The van der Waals surface area contributed by atoms with Crippen molar-refractivity contribution in [3.63, 3.8) is 0 Å². The van der Waals surface area contributed by atoms with Crippen LogP contribution >= 0.6 is 11.6 Å². The second kappa shape index (κ2) is 7.13. The van der Waals surface area contributed by atoms with Gasteiger partial charge >= 0.3 is 0 Å². The van der Waals surface area contributed by atoms with Crippen molar-refractivity contribution in [2.24, 2.45) is 0 Å². The summed E-state index contributed by atoms with van der Waals surface area (Å²) >= 11 is 5.99. The molecule has 0 N–H and O–H groups in total. The lowest BCUT2D eigenvalue weighted by Gasteiger charge is -2.32. The molecule has 1 aliphatic heterocycles. The molecule has 2 aromatic rings. The second-order valence-corrected chi connectivity index (χ2v) is 6.11. The fourth-order valence-electron chi connectivity index (χ4n) is 2.72. The highest BCUT2D eigenvalue weighted by Crippen LogP contribution is 2.22. The first-order valence-electron chi connectivity index (χ1n) is 7.73. The van der Waals surface area contributed by atoms with Crippen molar-refractivity contribution in [2.75, 3.05) is 13.1 Å². The van der Waals surface area contributed by atoms with E-state index in [-0.39, 0.29) is 17.0 Å². The highest BCUT2D eigenvalue weighted by Gasteiger charge is 2.27. The first-order valence-corrected chi connectivity index (χ1v) is 8.11. The quantitative estimate of drug-likeness (QED) is 0.853. The third-order valence-electron chi connectivity index (χ3n) is 3.86. The molecule has 1 amide bonds. The van der Waals surface area contributed by atoms with E-state index in [4.69, 9.17) is 16.3 Å². The summed E-state index contributed by atoms with van der Waals surface area (Å²) in [6.45, 7) is 2.85. The molecule has 1 unspecified atom stereocenters. The van der Waals surface area contributed by atoms with E-state index in [1.807, 2.05) is 0 Å². The molecular weight excluding hydrogens is 333 g/mol. The highest BCUT2D eigenvalue weighted by atomic mass is 35.5. The zero-order chi connectivity index (χ0) is 17.1. The maximum atomic E-state index is 13.1. The van der Waals surface area contributed by atoms with Crippen molar-refractivity contribution >= 4 is 17.5 Å². The number of halogens is 2. The number of ether oxygens (including phenoxy) is 1. The SMILES string of the molecule is Cc1nccc(OC2CCCN(C(=O)c3ccc(F)cc3Cl)C2)n1. The van der Waals surface area contributed by atoms with Crippen LogP contribution in [-0.4, -0.2) is 40.0 Å². The van der Waals surface area contributed by atoms with E-state index < -0.39 is 5.82 Å². The van der Waals surface area contributed by atoms with Gasteiger partial charge in [-0.3, -0.25) is 4.79 Å². The summed E-state index contributed by atoms with van der Waals surface area (Å²) in [4.78, 5) is 22.6. The van der Waals surface area contributed by atoms with Crippen LogP contribution in [0, 0.1) is 12.7 Å². The Kier molecular flexibility index (Phi) is 4.94. The molecule has 1 aromatic carbocycles. The number of carbonyl (C=O) groups is 1. The van der Waals surface area contributed by atoms with Gasteiger partial charge in [-0.05, 0) is 38.0 Å². The monoisotopic (exact) mass is 349 g/mol. The first-order chi connectivity index (χ1) is 11.5. The topological polar surface area (TPSA) is 55.3 Å². The minimum atomic E-state index is -0.462. The summed E-state index contributed by atoms with van der Waals surface area (Å²) in [6, 6.07) is 5.50. The number of likely N-dealkylation sites (tertiary alicyclic amines) is 1. The van der Waals surface area contributed by atoms with Crippen LogP contribution in [0.25, 0.3) is 0 Å². The molecule has 0 aliphatic carbocycles. The second-order valence-electron chi connectivity index (χ2n) is 5.70. The number of piperidine rings is 1. The molecule has 1 fully saturated rings. The predicted octanol–water partition coefficient (Wildman–Crippen LogP) is 3.26. The molecule has 24 heavy (non-hydrogen) atoms. The lowest BCUT2D eigenvalue weighted by molar-refractivity contribution is 0.0527. The van der Waals surface area contributed by atoms with Crippen LogP contribution < -0.4 is 4.74 Å². The van der Waals surface area contributed by atoms with Crippen LogP contribution in [0.15, 0.2) is 30.5 Å². The number of amides is 1. The maximum absolute atomic E-state index is 13.1. The molecule has 126 valence electrons. The normalized spacial score (nSPS) is 17.6. The fourth-order valence-corrected chi connectivity index (χ4v) is 2.97. The molecule has 1 atom stereocenters. The van der Waals surface area contributed by atoms with Crippen LogP contribution in [0.5, 0.6) is 5.88 Å². The number of aromatic nitrogens is 2. The molecule has 2 heterocycles. The van der Waals surface area contributed by atoms with Gasteiger partial charge in [0.05, 0.1) is 17.1 Å². The molecule has 0 bridgehead atoms. The molecule has 0 spiro atoms. The van der Waals surface area contributed by atoms with E-state index in [1.165, 1.54) is 12.1 Å². The van der Waals surface area contributed by atoms with E-state index in [2.05, 4.69) is 9.97 Å². The lowest BCUT2D eigenvalue weighted by atomic mass is 10.1. The van der Waals surface area contributed by atoms with Crippen molar-refractivity contribution in [1.82, 2.24) is 14.9 Å². The Balaban J connectivity index is 1.69. The van der Waals surface area contributed by atoms with Crippen molar-refractivity contribution in [2.45, 2.75) is 25.9 Å². The minimum Gasteiger partial charge on any atom is -0.472 e. The Morgan fingerprint density at radius 2 is 2.25 bits per heavy atom. The van der Waals surface area contributed by atoms with E-state index >= 15 is 0 Å². The number of nitrogens with zero attached hydrogens (tertiary/aromatic N) is 3. The highest BCUT2D eigenvalue weighted by molar-refractivity contribution is 6.33. The number of rotatable bonds is 3. The van der Waals surface area contributed by atoms with Gasteiger partial charge in [-0.25, -0.2) is 9.37 Å². The van der Waals surface area contributed by atoms with Crippen LogP contribution in [0.4, 0.5) is 4.39 Å². The Bertz CT molecular complexity index is 756. The van der Waals surface area contributed by atoms with Crippen molar-refractivity contribution in [1.29, 1.82) is 0 Å². The number of benzene rings is 1. The van der Waals surface area contributed by atoms with Gasteiger partial charge in [0.1, 0.15) is 17.7 Å². The Morgan fingerprint density at radius 3 is 3.00 bits per heavy atom. The Hall–Kier alpha value is -2.21. The molecule has 5 nitrogen and oxygen atoms in total. The van der Waals surface area contributed by atoms with Gasteiger partial charge in [0, 0.05) is 18.8 Å². The minimum absolute atomic E-state index is 0.120. The van der Waals surface area contributed by atoms with E-state index in [0.29, 0.717) is 30.4 Å². The molecule has 3 rings (SSSR count). The molecule has 7 heteroatoms. The van der Waals surface area contributed by atoms with Crippen molar-refractivity contribution in [3.05, 3.63) is 52.7 Å². The van der Waals surface area contributed by atoms with E-state index in [1.54, 1.807) is 24.1 Å². The van der Waals surface area contributed by atoms with Gasteiger partial charge in [-0.1, -0.05) is 11.6 Å². The van der Waals surface area contributed by atoms with Gasteiger partial charge in [0.25, 0.3) is 5.91 Å². The van der Waals surface area contributed by atoms with Crippen LogP contribution in [-0.2, 0) is 0 Å². The summed E-state index contributed by atoms with van der Waals surface area (Å²) in [6.07, 6.45) is 3.15. The van der Waals surface area contributed by atoms with Crippen LogP contribution in [0.1, 0.15) is 29.0 Å². The summed E-state index contributed by atoms with van der Waals surface area (Å²) in [7, 11) is 0. The molecule has 1 saturated heterocycles.